The number of aryl methyl sites for hydroxylation is 1. The first-order chi connectivity index (χ1) is 13.8. The summed E-state index contributed by atoms with van der Waals surface area (Å²) in [4.78, 5) is 23.8. The zero-order valence-electron chi connectivity index (χ0n) is 15.1. The summed E-state index contributed by atoms with van der Waals surface area (Å²) in [5, 5.41) is 7.22. The molecular formula is C18H15F3N6O2. The Morgan fingerprint density at radius 2 is 2.14 bits per heavy atom. The maximum atomic E-state index is 12.9. The summed E-state index contributed by atoms with van der Waals surface area (Å²) in [7, 11) is 1.42. The molecule has 8 nitrogen and oxygen atoms in total. The summed E-state index contributed by atoms with van der Waals surface area (Å²) in [6, 6.07) is 3.75. The quantitative estimate of drug-likeness (QED) is 0.718. The van der Waals surface area contributed by atoms with Gasteiger partial charge in [0.25, 0.3) is 5.91 Å². The van der Waals surface area contributed by atoms with Crippen LogP contribution in [0, 0.1) is 0 Å². The number of alkyl halides is 3. The number of hydrogen-bond donors (Lipinski definition) is 1. The van der Waals surface area contributed by atoms with Crippen LogP contribution in [0.2, 0.25) is 0 Å². The number of carbonyl (C=O) groups is 1. The second-order valence-electron chi connectivity index (χ2n) is 6.37. The molecule has 0 radical (unpaired) electrons. The van der Waals surface area contributed by atoms with E-state index in [0.29, 0.717) is 29.9 Å². The molecule has 0 fully saturated rings. The van der Waals surface area contributed by atoms with E-state index in [0.717, 1.165) is 12.3 Å². The Hall–Kier alpha value is -3.50. The Morgan fingerprint density at radius 1 is 1.31 bits per heavy atom. The van der Waals surface area contributed by atoms with Gasteiger partial charge in [-0.2, -0.15) is 18.3 Å². The van der Waals surface area contributed by atoms with Gasteiger partial charge in [-0.15, -0.1) is 0 Å². The fraction of sp³-hybridized carbons (Fsp3) is 0.278. The molecule has 0 aromatic carbocycles. The molecule has 150 valence electrons. The minimum atomic E-state index is -4.53. The second kappa shape index (κ2) is 7.15. The highest BCUT2D eigenvalue weighted by Crippen LogP contribution is 2.33. The molecule has 0 saturated heterocycles. The predicted octanol–water partition coefficient (Wildman–Crippen LogP) is 2.64. The number of halogens is 3. The predicted molar refractivity (Wildman–Crippen MR) is 93.9 cm³/mol. The highest BCUT2D eigenvalue weighted by atomic mass is 19.4. The molecule has 1 atom stereocenters. The third-order valence-corrected chi connectivity index (χ3v) is 4.50. The molecule has 0 spiro atoms. The standard InChI is InChI=1S/C18H15F3N6O2/c1-29-16-9-22-8-13(24-16)17(28)25-11-3-5-27-14(11)7-12(26-27)10-2-4-23-15(6-10)18(19,20)21/h2,4,6-9,11H,3,5H2,1H3,(H,25,28)/t11-/m0/s1. The molecule has 11 heteroatoms. The van der Waals surface area contributed by atoms with Gasteiger partial charge < -0.3 is 10.1 Å². The van der Waals surface area contributed by atoms with E-state index in [4.69, 9.17) is 4.74 Å². The number of methoxy groups -OCH3 is 1. The largest absolute Gasteiger partial charge is 0.480 e. The monoisotopic (exact) mass is 404 g/mol. The average Bonchev–Trinajstić information content (AvgIpc) is 3.29. The van der Waals surface area contributed by atoms with E-state index in [1.54, 1.807) is 10.7 Å². The first kappa shape index (κ1) is 18.8. The van der Waals surface area contributed by atoms with Gasteiger partial charge in [-0.05, 0) is 24.6 Å². The lowest BCUT2D eigenvalue weighted by Gasteiger charge is -2.11. The zero-order chi connectivity index (χ0) is 20.6. The van der Waals surface area contributed by atoms with E-state index < -0.39 is 17.8 Å². The molecule has 3 aromatic heterocycles. The summed E-state index contributed by atoms with van der Waals surface area (Å²) in [5.41, 5.74) is 0.511. The van der Waals surface area contributed by atoms with Crippen LogP contribution in [-0.2, 0) is 12.7 Å². The van der Waals surface area contributed by atoms with Crippen molar-refractivity contribution in [1.29, 1.82) is 0 Å². The van der Waals surface area contributed by atoms with Gasteiger partial charge in [0.2, 0.25) is 5.88 Å². The van der Waals surface area contributed by atoms with Crippen LogP contribution in [-0.4, -0.2) is 37.7 Å². The first-order valence-electron chi connectivity index (χ1n) is 8.63. The van der Waals surface area contributed by atoms with Crippen molar-refractivity contribution in [3.05, 3.63) is 53.9 Å². The maximum absolute atomic E-state index is 12.9. The van der Waals surface area contributed by atoms with E-state index in [1.165, 1.54) is 25.6 Å². The number of ether oxygens (including phenoxy) is 1. The number of aromatic nitrogens is 5. The highest BCUT2D eigenvalue weighted by Gasteiger charge is 2.33. The molecule has 0 aliphatic carbocycles. The summed E-state index contributed by atoms with van der Waals surface area (Å²) in [6.07, 6.45) is -0.116. The zero-order valence-corrected chi connectivity index (χ0v) is 15.1. The molecule has 4 rings (SSSR count). The normalized spacial score (nSPS) is 15.8. The molecule has 1 aliphatic rings. The summed E-state index contributed by atoms with van der Waals surface area (Å²) < 4.78 is 45.4. The van der Waals surface area contributed by atoms with Gasteiger partial charge in [-0.25, -0.2) is 4.98 Å². The minimum Gasteiger partial charge on any atom is -0.480 e. The maximum Gasteiger partial charge on any atom is 0.433 e. The van der Waals surface area contributed by atoms with Crippen molar-refractivity contribution in [2.75, 3.05) is 7.11 Å². The van der Waals surface area contributed by atoms with E-state index >= 15 is 0 Å². The fourth-order valence-electron chi connectivity index (χ4n) is 3.11. The van der Waals surface area contributed by atoms with Crippen LogP contribution < -0.4 is 10.1 Å². The molecule has 1 amide bonds. The average molecular weight is 404 g/mol. The molecule has 3 aromatic rings. The van der Waals surface area contributed by atoms with Crippen LogP contribution in [0.5, 0.6) is 5.88 Å². The third-order valence-electron chi connectivity index (χ3n) is 4.50. The van der Waals surface area contributed by atoms with Crippen molar-refractivity contribution < 1.29 is 22.7 Å². The topological polar surface area (TPSA) is 94.8 Å². The van der Waals surface area contributed by atoms with Gasteiger partial charge in [0, 0.05) is 18.3 Å². The number of nitrogens with zero attached hydrogens (tertiary/aromatic N) is 5. The molecule has 4 heterocycles. The van der Waals surface area contributed by atoms with Gasteiger partial charge in [0.15, 0.2) is 0 Å². The lowest BCUT2D eigenvalue weighted by Crippen LogP contribution is -2.28. The van der Waals surface area contributed by atoms with E-state index in [9.17, 15) is 18.0 Å². The Kier molecular flexibility index (Phi) is 4.65. The highest BCUT2D eigenvalue weighted by molar-refractivity contribution is 5.92. The van der Waals surface area contributed by atoms with Crippen molar-refractivity contribution in [3.63, 3.8) is 0 Å². The van der Waals surface area contributed by atoms with Gasteiger partial charge in [-0.3, -0.25) is 19.4 Å². The SMILES string of the molecule is COc1cncc(C(=O)N[C@H]2CCn3nc(-c4ccnc(C(F)(F)F)c4)cc32)n1. The molecule has 0 bridgehead atoms. The lowest BCUT2D eigenvalue weighted by atomic mass is 10.1. The van der Waals surface area contributed by atoms with Crippen LogP contribution in [0.25, 0.3) is 11.3 Å². The van der Waals surface area contributed by atoms with Crippen LogP contribution >= 0.6 is 0 Å². The Morgan fingerprint density at radius 3 is 2.90 bits per heavy atom. The number of hydrogen-bond acceptors (Lipinski definition) is 6. The van der Waals surface area contributed by atoms with Crippen LogP contribution in [0.15, 0.2) is 36.8 Å². The van der Waals surface area contributed by atoms with Crippen molar-refractivity contribution in [1.82, 2.24) is 30.0 Å². The van der Waals surface area contributed by atoms with Crippen molar-refractivity contribution >= 4 is 5.91 Å². The number of amides is 1. The van der Waals surface area contributed by atoms with Crippen molar-refractivity contribution in [2.24, 2.45) is 0 Å². The third kappa shape index (κ3) is 3.75. The van der Waals surface area contributed by atoms with Gasteiger partial charge >= 0.3 is 6.18 Å². The summed E-state index contributed by atoms with van der Waals surface area (Å²) in [6.45, 7) is 0.529. The van der Waals surface area contributed by atoms with Gasteiger partial charge in [-0.1, -0.05) is 0 Å². The van der Waals surface area contributed by atoms with Crippen molar-refractivity contribution in [3.8, 4) is 17.1 Å². The number of pyridine rings is 1. The van der Waals surface area contributed by atoms with E-state index in [1.807, 2.05) is 0 Å². The Labute approximate surface area is 162 Å². The molecule has 1 aliphatic heterocycles. The van der Waals surface area contributed by atoms with Gasteiger partial charge in [0.05, 0.1) is 36.9 Å². The lowest BCUT2D eigenvalue weighted by molar-refractivity contribution is -0.141. The number of carbonyl (C=O) groups excluding carboxylic acids is 1. The summed E-state index contributed by atoms with van der Waals surface area (Å²) in [5.74, 6) is -0.213. The van der Waals surface area contributed by atoms with Gasteiger partial charge in [0.1, 0.15) is 11.4 Å². The molecule has 1 N–H and O–H groups in total. The minimum absolute atomic E-state index is 0.103. The Balaban J connectivity index is 1.56. The van der Waals surface area contributed by atoms with Crippen LogP contribution in [0.1, 0.15) is 34.3 Å². The smallest absolute Gasteiger partial charge is 0.433 e. The Bertz CT molecular complexity index is 1070. The van der Waals surface area contributed by atoms with Crippen LogP contribution in [0.3, 0.4) is 0 Å². The number of fused-ring (bicyclic) bond motifs is 1. The van der Waals surface area contributed by atoms with Crippen molar-refractivity contribution in [2.45, 2.75) is 25.2 Å². The second-order valence-corrected chi connectivity index (χ2v) is 6.37. The molecule has 0 saturated carbocycles. The first-order valence-corrected chi connectivity index (χ1v) is 8.63. The summed E-state index contributed by atoms with van der Waals surface area (Å²) >= 11 is 0. The molecule has 0 unspecified atom stereocenters. The van der Waals surface area contributed by atoms with E-state index in [-0.39, 0.29) is 17.6 Å². The van der Waals surface area contributed by atoms with Crippen LogP contribution in [0.4, 0.5) is 13.2 Å². The number of rotatable bonds is 4. The fourth-order valence-corrected chi connectivity index (χ4v) is 3.11. The van der Waals surface area contributed by atoms with E-state index in [2.05, 4.69) is 25.4 Å². The molecule has 29 heavy (non-hydrogen) atoms. The number of nitrogens with one attached hydrogen (secondary N) is 1. The molecular weight excluding hydrogens is 389 g/mol.